The van der Waals surface area contributed by atoms with Crippen molar-refractivity contribution in [3.8, 4) is 0 Å². The molecule has 4 heteroatoms. The van der Waals surface area contributed by atoms with E-state index >= 15 is 0 Å². The highest BCUT2D eigenvalue weighted by atomic mass is 16.1. The van der Waals surface area contributed by atoms with Gasteiger partial charge in [-0.05, 0) is 0 Å². The van der Waals surface area contributed by atoms with Gasteiger partial charge < -0.3 is 5.73 Å². The fourth-order valence-corrected chi connectivity index (χ4v) is 0.650. The third-order valence-corrected chi connectivity index (χ3v) is 1.03. The molecule has 1 amide bonds. The van der Waals surface area contributed by atoms with Crippen LogP contribution in [-0.4, -0.2) is 25.2 Å². The van der Waals surface area contributed by atoms with Crippen LogP contribution in [-0.2, 0) is 4.79 Å². The summed E-state index contributed by atoms with van der Waals surface area (Å²) >= 11 is 0. The van der Waals surface area contributed by atoms with Crippen LogP contribution in [0.2, 0.25) is 0 Å². The topological polar surface area (TPSA) is 69.2 Å². The highest BCUT2D eigenvalue weighted by molar-refractivity contribution is 5.79. The Morgan fingerprint density at radius 1 is 1.88 bits per heavy atom. The van der Waals surface area contributed by atoms with Crippen LogP contribution in [0, 0.1) is 0 Å². The first-order valence-corrected chi connectivity index (χ1v) is 2.50. The van der Waals surface area contributed by atoms with Crippen LogP contribution in [0.5, 0.6) is 0 Å². The summed E-state index contributed by atoms with van der Waals surface area (Å²) in [5, 5.41) is 6.66. The Labute approximate surface area is 47.4 Å². The molecule has 1 unspecified atom stereocenters. The van der Waals surface area contributed by atoms with E-state index in [1.807, 2.05) is 0 Å². The molecule has 1 rings (SSSR count). The molecule has 3 N–H and O–H groups in total. The van der Waals surface area contributed by atoms with Crippen LogP contribution in [0.4, 0.5) is 0 Å². The minimum atomic E-state index is -0.421. The summed E-state index contributed by atoms with van der Waals surface area (Å²) in [6, 6.07) is 0. The molecule has 1 atom stereocenters. The van der Waals surface area contributed by atoms with E-state index in [4.69, 9.17) is 5.73 Å². The lowest BCUT2D eigenvalue weighted by atomic mass is 10.5. The molecular formula is C4H8N3O. The molecule has 1 aliphatic rings. The van der Waals surface area contributed by atoms with Crippen LogP contribution < -0.4 is 16.4 Å². The average Bonchev–Trinajstić information content (AvgIpc) is 2.12. The zero-order valence-electron chi connectivity index (χ0n) is 4.42. The Kier molecular flexibility index (Phi) is 1.45. The first kappa shape index (κ1) is 5.53. The Balaban J connectivity index is 2.35. The van der Waals surface area contributed by atoms with Gasteiger partial charge in [-0.2, -0.15) is 0 Å². The van der Waals surface area contributed by atoms with Crippen LogP contribution >= 0.6 is 0 Å². The average molecular weight is 114 g/mol. The van der Waals surface area contributed by atoms with Crippen molar-refractivity contribution in [1.29, 1.82) is 0 Å². The van der Waals surface area contributed by atoms with E-state index in [1.165, 1.54) is 0 Å². The zero-order valence-corrected chi connectivity index (χ0v) is 4.42. The van der Waals surface area contributed by atoms with E-state index in [0.717, 1.165) is 6.54 Å². The van der Waals surface area contributed by atoms with Gasteiger partial charge in [-0.15, -0.1) is 0 Å². The van der Waals surface area contributed by atoms with Gasteiger partial charge in [-0.25, -0.2) is 5.32 Å². The first-order chi connectivity index (χ1) is 3.80. The third kappa shape index (κ3) is 0.962. The molecule has 0 saturated carbocycles. The summed E-state index contributed by atoms with van der Waals surface area (Å²) in [6.07, 6.45) is -0.421. The second-order valence-electron chi connectivity index (χ2n) is 1.67. The fourth-order valence-electron chi connectivity index (χ4n) is 0.650. The Morgan fingerprint density at radius 2 is 2.62 bits per heavy atom. The maximum atomic E-state index is 10.3. The molecule has 0 spiro atoms. The molecule has 8 heavy (non-hydrogen) atoms. The van der Waals surface area contributed by atoms with E-state index in [1.54, 1.807) is 0 Å². The SMILES string of the molecule is NC(=O)C1[N]CCN1. The Morgan fingerprint density at radius 3 is 2.88 bits per heavy atom. The summed E-state index contributed by atoms with van der Waals surface area (Å²) in [6.45, 7) is 1.47. The minimum Gasteiger partial charge on any atom is -0.367 e. The van der Waals surface area contributed by atoms with Gasteiger partial charge in [0.1, 0.15) is 0 Å². The van der Waals surface area contributed by atoms with Crippen LogP contribution in [0.15, 0.2) is 0 Å². The van der Waals surface area contributed by atoms with Gasteiger partial charge >= 0.3 is 0 Å². The maximum absolute atomic E-state index is 10.3. The van der Waals surface area contributed by atoms with Crippen LogP contribution in [0.3, 0.4) is 0 Å². The summed E-state index contributed by atoms with van der Waals surface area (Å²) in [7, 11) is 0. The summed E-state index contributed by atoms with van der Waals surface area (Å²) in [5.74, 6) is -0.387. The largest absolute Gasteiger partial charge is 0.367 e. The van der Waals surface area contributed by atoms with Gasteiger partial charge in [0.2, 0.25) is 0 Å². The lowest BCUT2D eigenvalue weighted by Crippen LogP contribution is -2.40. The maximum Gasteiger partial charge on any atom is 0.250 e. The number of primary amides is 1. The van der Waals surface area contributed by atoms with Crippen molar-refractivity contribution in [3.05, 3.63) is 0 Å². The molecule has 1 aliphatic heterocycles. The lowest BCUT2D eigenvalue weighted by Gasteiger charge is -2.00. The van der Waals surface area contributed by atoms with Crippen molar-refractivity contribution in [2.24, 2.45) is 5.73 Å². The molecule has 1 heterocycles. The zero-order chi connectivity index (χ0) is 5.98. The summed E-state index contributed by atoms with van der Waals surface area (Å²) < 4.78 is 0. The monoisotopic (exact) mass is 114 g/mol. The third-order valence-electron chi connectivity index (χ3n) is 1.03. The molecule has 4 nitrogen and oxygen atoms in total. The number of hydrogen-bond donors (Lipinski definition) is 2. The summed E-state index contributed by atoms with van der Waals surface area (Å²) in [5.41, 5.74) is 4.90. The number of rotatable bonds is 1. The minimum absolute atomic E-state index is 0.387. The van der Waals surface area contributed by atoms with Crippen molar-refractivity contribution in [3.63, 3.8) is 0 Å². The standard InChI is InChI=1S/C4H8N3O/c5-3(8)4-6-1-2-7-4/h4,6H,1-2H2,(H2,5,8). The van der Waals surface area contributed by atoms with E-state index in [0.29, 0.717) is 6.54 Å². The Hall–Kier alpha value is -0.610. The number of nitrogens with zero attached hydrogens (tertiary/aromatic N) is 1. The second-order valence-corrected chi connectivity index (χ2v) is 1.67. The smallest absolute Gasteiger partial charge is 0.250 e. The van der Waals surface area contributed by atoms with Gasteiger partial charge in [0.25, 0.3) is 5.91 Å². The van der Waals surface area contributed by atoms with Gasteiger partial charge in [0, 0.05) is 13.1 Å². The summed E-state index contributed by atoms with van der Waals surface area (Å²) in [4.78, 5) is 10.3. The van der Waals surface area contributed by atoms with Gasteiger partial charge in [-0.3, -0.25) is 10.1 Å². The lowest BCUT2D eigenvalue weighted by molar-refractivity contribution is -0.120. The number of nitrogens with two attached hydrogens (primary N) is 1. The van der Waals surface area contributed by atoms with Crippen molar-refractivity contribution < 1.29 is 4.79 Å². The van der Waals surface area contributed by atoms with Crippen LogP contribution in [0.25, 0.3) is 0 Å². The number of carbonyl (C=O) groups excluding carboxylic acids is 1. The fraction of sp³-hybridized carbons (Fsp3) is 0.750. The molecule has 1 radical (unpaired) electrons. The van der Waals surface area contributed by atoms with Gasteiger partial charge in [-0.1, -0.05) is 0 Å². The second kappa shape index (κ2) is 2.11. The quantitative estimate of drug-likeness (QED) is 0.414. The molecule has 0 aromatic rings. The van der Waals surface area contributed by atoms with Crippen LogP contribution in [0.1, 0.15) is 0 Å². The van der Waals surface area contributed by atoms with Crippen molar-refractivity contribution >= 4 is 5.91 Å². The first-order valence-electron chi connectivity index (χ1n) is 2.50. The highest BCUT2D eigenvalue weighted by Gasteiger charge is 2.18. The highest BCUT2D eigenvalue weighted by Crippen LogP contribution is 1.84. The molecular weight excluding hydrogens is 106 g/mol. The van der Waals surface area contributed by atoms with E-state index < -0.39 is 6.17 Å². The molecule has 0 bridgehead atoms. The number of nitrogens with one attached hydrogen (secondary N) is 1. The van der Waals surface area contributed by atoms with Gasteiger partial charge in [0.05, 0.1) is 0 Å². The normalized spacial score (nSPS) is 21.5. The van der Waals surface area contributed by atoms with Crippen molar-refractivity contribution in [2.75, 3.05) is 13.1 Å². The van der Waals surface area contributed by atoms with E-state index in [9.17, 15) is 4.79 Å². The van der Waals surface area contributed by atoms with Crippen molar-refractivity contribution in [1.82, 2.24) is 10.6 Å². The van der Waals surface area contributed by atoms with E-state index in [2.05, 4.69) is 10.6 Å². The molecule has 1 saturated heterocycles. The predicted octanol–water partition coefficient (Wildman–Crippen LogP) is -1.99. The number of carbonyl (C=O) groups is 1. The molecule has 0 aromatic carbocycles. The molecule has 45 valence electrons. The van der Waals surface area contributed by atoms with Gasteiger partial charge in [0.15, 0.2) is 6.17 Å². The molecule has 0 aromatic heterocycles. The number of hydrogen-bond acceptors (Lipinski definition) is 2. The molecule has 1 fully saturated rings. The molecule has 0 aliphatic carbocycles. The van der Waals surface area contributed by atoms with Crippen molar-refractivity contribution in [2.45, 2.75) is 6.17 Å². The van der Waals surface area contributed by atoms with E-state index in [-0.39, 0.29) is 5.91 Å². The Bertz CT molecular complexity index is 97.5. The number of amides is 1. The predicted molar refractivity (Wildman–Crippen MR) is 28.0 cm³/mol.